The van der Waals surface area contributed by atoms with Crippen LogP contribution in [0.25, 0.3) is 11.0 Å². The molecule has 0 atom stereocenters. The Labute approximate surface area is 170 Å². The molecule has 0 bridgehead atoms. The number of aryl methyl sites for hydroxylation is 1. The van der Waals surface area contributed by atoms with Crippen molar-refractivity contribution < 1.29 is 9.15 Å². The molecule has 1 aliphatic carbocycles. The van der Waals surface area contributed by atoms with Gasteiger partial charge in [0.15, 0.2) is 6.73 Å². The Balaban J connectivity index is 1.68. The molecule has 0 N–H and O–H groups in total. The van der Waals surface area contributed by atoms with Gasteiger partial charge in [-0.3, -0.25) is 0 Å². The average Bonchev–Trinajstić information content (AvgIpc) is 3.16. The van der Waals surface area contributed by atoms with Crippen LogP contribution in [0.15, 0.2) is 33.5 Å². The van der Waals surface area contributed by atoms with E-state index in [1.807, 2.05) is 17.0 Å². The van der Waals surface area contributed by atoms with Crippen molar-refractivity contribution in [3.8, 4) is 5.75 Å². The number of benzene rings is 2. The summed E-state index contributed by atoms with van der Waals surface area (Å²) in [5.41, 5.74) is 3.78. The minimum absolute atomic E-state index is 0.258. The summed E-state index contributed by atoms with van der Waals surface area (Å²) in [6.07, 6.45) is 2.58. The molecule has 1 aromatic heterocycles. The third-order valence-corrected chi connectivity index (χ3v) is 6.27. The van der Waals surface area contributed by atoms with Gasteiger partial charge in [-0.25, -0.2) is 4.79 Å². The Hall–Kier alpha value is -1.88. The van der Waals surface area contributed by atoms with Crippen molar-refractivity contribution in [2.75, 3.05) is 11.6 Å². The standard InChI is InChI=1S/C20H14Cl3NO3/c21-15-5-4-10(6-16(15)22)24-8-14-18-13(7-17(23)19(14)26-9-24)11-2-1-3-12(11)20(25)27-18/h4-7H,1-3,8-9H2. The van der Waals surface area contributed by atoms with Crippen molar-refractivity contribution >= 4 is 51.5 Å². The molecule has 3 aromatic rings. The molecule has 0 fully saturated rings. The predicted octanol–water partition coefficient (Wildman–Crippen LogP) is 5.60. The summed E-state index contributed by atoms with van der Waals surface area (Å²) in [6.45, 7) is 0.803. The first-order chi connectivity index (χ1) is 13.0. The van der Waals surface area contributed by atoms with E-state index in [1.165, 1.54) is 0 Å². The Morgan fingerprint density at radius 3 is 2.56 bits per heavy atom. The van der Waals surface area contributed by atoms with Crippen molar-refractivity contribution in [1.82, 2.24) is 0 Å². The molecule has 1 aliphatic heterocycles. The van der Waals surface area contributed by atoms with Crippen LogP contribution in [0.5, 0.6) is 5.75 Å². The van der Waals surface area contributed by atoms with Gasteiger partial charge in [-0.15, -0.1) is 0 Å². The maximum atomic E-state index is 12.4. The van der Waals surface area contributed by atoms with Gasteiger partial charge in [0.25, 0.3) is 0 Å². The SMILES string of the molecule is O=c1oc2c3c(c(Cl)cc2c2c1CCC2)OCN(c1ccc(Cl)c(Cl)c1)C3. The highest BCUT2D eigenvalue weighted by atomic mass is 35.5. The minimum Gasteiger partial charge on any atom is -0.471 e. The van der Waals surface area contributed by atoms with Gasteiger partial charge in [0.2, 0.25) is 0 Å². The van der Waals surface area contributed by atoms with Crippen LogP contribution in [0.2, 0.25) is 15.1 Å². The first kappa shape index (κ1) is 17.2. The van der Waals surface area contributed by atoms with Gasteiger partial charge < -0.3 is 14.1 Å². The fraction of sp³-hybridized carbons (Fsp3) is 0.250. The van der Waals surface area contributed by atoms with Gasteiger partial charge in [0, 0.05) is 16.6 Å². The number of halogens is 3. The number of rotatable bonds is 1. The highest BCUT2D eigenvalue weighted by molar-refractivity contribution is 6.42. The summed E-state index contributed by atoms with van der Waals surface area (Å²) in [4.78, 5) is 14.4. The van der Waals surface area contributed by atoms with E-state index in [1.54, 1.807) is 12.1 Å². The van der Waals surface area contributed by atoms with Crippen LogP contribution in [0.4, 0.5) is 5.69 Å². The molecule has 27 heavy (non-hydrogen) atoms. The van der Waals surface area contributed by atoms with E-state index >= 15 is 0 Å². The molecule has 0 saturated heterocycles. The fourth-order valence-electron chi connectivity index (χ4n) is 3.96. The molecule has 0 saturated carbocycles. The minimum atomic E-state index is -0.258. The zero-order valence-corrected chi connectivity index (χ0v) is 16.4. The molecule has 4 nitrogen and oxygen atoms in total. The number of hydrogen-bond acceptors (Lipinski definition) is 4. The average molecular weight is 423 g/mol. The molecule has 0 unspecified atom stereocenters. The lowest BCUT2D eigenvalue weighted by molar-refractivity contribution is 0.289. The van der Waals surface area contributed by atoms with E-state index in [2.05, 4.69) is 0 Å². The second-order valence-corrected chi connectivity index (χ2v) is 8.03. The monoisotopic (exact) mass is 421 g/mol. The fourth-order valence-corrected chi connectivity index (χ4v) is 4.53. The number of nitrogens with zero attached hydrogens (tertiary/aromatic N) is 1. The van der Waals surface area contributed by atoms with Crippen molar-refractivity contribution in [3.05, 3.63) is 66.4 Å². The lowest BCUT2D eigenvalue weighted by Crippen LogP contribution is -2.32. The lowest BCUT2D eigenvalue weighted by Gasteiger charge is -2.31. The first-order valence-electron chi connectivity index (χ1n) is 8.65. The highest BCUT2D eigenvalue weighted by Gasteiger charge is 2.28. The topological polar surface area (TPSA) is 42.7 Å². The van der Waals surface area contributed by atoms with Crippen molar-refractivity contribution in [2.45, 2.75) is 25.8 Å². The van der Waals surface area contributed by atoms with Crippen LogP contribution >= 0.6 is 34.8 Å². The quantitative estimate of drug-likeness (QED) is 0.479. The third kappa shape index (κ3) is 2.70. The smallest absolute Gasteiger partial charge is 0.339 e. The van der Waals surface area contributed by atoms with E-state index in [-0.39, 0.29) is 5.63 Å². The number of ether oxygens (including phenoxy) is 1. The van der Waals surface area contributed by atoms with E-state index < -0.39 is 0 Å². The van der Waals surface area contributed by atoms with Crippen LogP contribution in [-0.2, 0) is 19.4 Å². The summed E-state index contributed by atoms with van der Waals surface area (Å²) in [6, 6.07) is 7.28. The molecule has 0 radical (unpaired) electrons. The zero-order chi connectivity index (χ0) is 18.7. The predicted molar refractivity (Wildman–Crippen MR) is 108 cm³/mol. The van der Waals surface area contributed by atoms with Gasteiger partial charge in [-0.2, -0.15) is 0 Å². The van der Waals surface area contributed by atoms with E-state index in [0.29, 0.717) is 39.7 Å². The first-order valence-corrected chi connectivity index (χ1v) is 9.79. The number of anilines is 1. The normalized spacial score (nSPS) is 15.6. The van der Waals surface area contributed by atoms with Crippen LogP contribution in [0.1, 0.15) is 23.1 Å². The summed E-state index contributed by atoms with van der Waals surface area (Å²) in [5, 5.41) is 2.41. The maximum Gasteiger partial charge on any atom is 0.339 e. The van der Waals surface area contributed by atoms with Gasteiger partial charge in [0.05, 0.1) is 27.2 Å². The second kappa shape index (κ2) is 6.33. The molecule has 5 rings (SSSR count). The van der Waals surface area contributed by atoms with Crippen molar-refractivity contribution in [2.24, 2.45) is 0 Å². The van der Waals surface area contributed by atoms with E-state index in [9.17, 15) is 4.79 Å². The summed E-state index contributed by atoms with van der Waals surface area (Å²) in [5.74, 6) is 0.571. The molecule has 0 amide bonds. The molecule has 2 aliphatic rings. The van der Waals surface area contributed by atoms with Gasteiger partial charge >= 0.3 is 5.63 Å². The lowest BCUT2D eigenvalue weighted by atomic mass is 10.0. The molecule has 2 heterocycles. The molecular formula is C20H14Cl3NO3. The van der Waals surface area contributed by atoms with E-state index in [0.717, 1.165) is 47.0 Å². The third-order valence-electron chi connectivity index (χ3n) is 5.25. The molecular weight excluding hydrogens is 409 g/mol. The molecule has 7 heteroatoms. The largest absolute Gasteiger partial charge is 0.471 e. The molecule has 0 spiro atoms. The van der Waals surface area contributed by atoms with E-state index in [4.69, 9.17) is 44.0 Å². The highest BCUT2D eigenvalue weighted by Crippen LogP contribution is 2.42. The summed E-state index contributed by atoms with van der Waals surface area (Å²) < 4.78 is 11.6. The molecule has 138 valence electrons. The Kier molecular flexibility index (Phi) is 4.04. The number of hydrogen-bond donors (Lipinski definition) is 0. The number of fused-ring (bicyclic) bond motifs is 5. The molecule has 2 aromatic carbocycles. The van der Waals surface area contributed by atoms with Gasteiger partial charge in [-0.1, -0.05) is 34.8 Å². The van der Waals surface area contributed by atoms with Crippen LogP contribution in [-0.4, -0.2) is 6.73 Å². The Bertz CT molecular complexity index is 1160. The van der Waals surface area contributed by atoms with Gasteiger partial charge in [0.1, 0.15) is 11.3 Å². The zero-order valence-electron chi connectivity index (χ0n) is 14.2. The van der Waals surface area contributed by atoms with Gasteiger partial charge in [-0.05, 0) is 49.1 Å². The Morgan fingerprint density at radius 1 is 0.926 bits per heavy atom. The van der Waals surface area contributed by atoms with Crippen LogP contribution in [0.3, 0.4) is 0 Å². The summed E-state index contributed by atoms with van der Waals surface area (Å²) in [7, 11) is 0. The summed E-state index contributed by atoms with van der Waals surface area (Å²) >= 11 is 18.7. The van der Waals surface area contributed by atoms with Crippen LogP contribution < -0.4 is 15.3 Å². The van der Waals surface area contributed by atoms with Crippen LogP contribution in [0, 0.1) is 0 Å². The maximum absolute atomic E-state index is 12.4. The van der Waals surface area contributed by atoms with Crippen molar-refractivity contribution in [1.29, 1.82) is 0 Å². The van der Waals surface area contributed by atoms with Crippen molar-refractivity contribution in [3.63, 3.8) is 0 Å². The second-order valence-electron chi connectivity index (χ2n) is 6.81. The Morgan fingerprint density at radius 2 is 1.74 bits per heavy atom.